The van der Waals surface area contributed by atoms with Gasteiger partial charge in [-0.2, -0.15) is 0 Å². The molecule has 6 nitrogen and oxygen atoms in total. The molecule has 3 rings (SSSR count). The average Bonchev–Trinajstić information content (AvgIpc) is 3.08. The number of rotatable bonds is 5. The number of anilines is 2. The quantitative estimate of drug-likeness (QED) is 0.864. The van der Waals surface area contributed by atoms with Gasteiger partial charge in [-0.25, -0.2) is 4.39 Å². The van der Waals surface area contributed by atoms with Crippen molar-refractivity contribution in [1.29, 1.82) is 0 Å². The van der Waals surface area contributed by atoms with Crippen molar-refractivity contribution in [1.82, 2.24) is 5.32 Å². The second-order valence-electron chi connectivity index (χ2n) is 5.93. The summed E-state index contributed by atoms with van der Waals surface area (Å²) >= 11 is 0. The lowest BCUT2D eigenvalue weighted by Gasteiger charge is -2.15. The first kappa shape index (κ1) is 17.6. The smallest absolute Gasteiger partial charge is 0.251 e. The van der Waals surface area contributed by atoms with E-state index >= 15 is 0 Å². The average molecular weight is 355 g/mol. The van der Waals surface area contributed by atoms with Crippen LogP contribution in [0.2, 0.25) is 0 Å². The van der Waals surface area contributed by atoms with E-state index in [1.807, 2.05) is 0 Å². The molecule has 1 fully saturated rings. The Kier molecular flexibility index (Phi) is 5.26. The molecule has 0 atom stereocenters. The van der Waals surface area contributed by atoms with Crippen molar-refractivity contribution in [3.05, 3.63) is 59.9 Å². The molecule has 1 aliphatic rings. The zero-order chi connectivity index (χ0) is 18.5. The van der Waals surface area contributed by atoms with Crippen LogP contribution in [0.4, 0.5) is 15.8 Å². The Morgan fingerprint density at radius 1 is 1.04 bits per heavy atom. The molecule has 2 aromatic rings. The van der Waals surface area contributed by atoms with Crippen LogP contribution < -0.4 is 15.5 Å². The first-order chi connectivity index (χ1) is 12.5. The van der Waals surface area contributed by atoms with Crippen LogP contribution in [0, 0.1) is 5.82 Å². The van der Waals surface area contributed by atoms with Crippen LogP contribution in [0.15, 0.2) is 48.5 Å². The second kappa shape index (κ2) is 7.77. The number of hydrogen-bond donors (Lipinski definition) is 2. The minimum Gasteiger partial charge on any atom is -0.343 e. The van der Waals surface area contributed by atoms with Crippen molar-refractivity contribution in [2.75, 3.05) is 23.3 Å². The predicted octanol–water partition coefficient (Wildman–Crippen LogP) is 2.32. The first-order valence-corrected chi connectivity index (χ1v) is 8.27. The van der Waals surface area contributed by atoms with Crippen LogP contribution in [0.1, 0.15) is 23.2 Å². The number of hydrogen-bond acceptors (Lipinski definition) is 3. The molecule has 1 aliphatic heterocycles. The number of carbonyl (C=O) groups is 3. The Bertz CT molecular complexity index is 819. The highest BCUT2D eigenvalue weighted by Crippen LogP contribution is 2.21. The number of halogens is 1. The van der Waals surface area contributed by atoms with E-state index in [1.165, 1.54) is 24.3 Å². The zero-order valence-electron chi connectivity index (χ0n) is 14.0. The van der Waals surface area contributed by atoms with Gasteiger partial charge in [0.05, 0.1) is 6.54 Å². The van der Waals surface area contributed by atoms with E-state index in [0.717, 1.165) is 12.1 Å². The Hall–Kier alpha value is -3.22. The van der Waals surface area contributed by atoms with E-state index in [4.69, 9.17) is 0 Å². The SMILES string of the molecule is O=C(CNC(=O)c1ccc(N2CCCC2=O)cc1)Nc1ccc(F)cc1. The molecular formula is C19H18FN3O3. The van der Waals surface area contributed by atoms with Gasteiger partial charge < -0.3 is 15.5 Å². The third kappa shape index (κ3) is 4.24. The van der Waals surface area contributed by atoms with E-state index in [9.17, 15) is 18.8 Å². The van der Waals surface area contributed by atoms with Gasteiger partial charge in [0.1, 0.15) is 5.82 Å². The van der Waals surface area contributed by atoms with Crippen LogP contribution in [0.3, 0.4) is 0 Å². The second-order valence-corrected chi connectivity index (χ2v) is 5.93. The molecule has 2 N–H and O–H groups in total. The lowest BCUT2D eigenvalue weighted by molar-refractivity contribution is -0.117. The highest BCUT2D eigenvalue weighted by molar-refractivity contribution is 6.00. The third-order valence-electron chi connectivity index (χ3n) is 4.05. The van der Waals surface area contributed by atoms with Crippen LogP contribution in [-0.2, 0) is 9.59 Å². The Balaban J connectivity index is 1.52. The Morgan fingerprint density at radius 3 is 2.35 bits per heavy atom. The molecule has 0 unspecified atom stereocenters. The summed E-state index contributed by atoms with van der Waals surface area (Å²) in [5, 5.41) is 5.09. The van der Waals surface area contributed by atoms with Gasteiger partial charge in [0.2, 0.25) is 11.8 Å². The van der Waals surface area contributed by atoms with Gasteiger partial charge in [-0.05, 0) is 55.0 Å². The molecule has 0 aromatic heterocycles. The van der Waals surface area contributed by atoms with Crippen LogP contribution in [0.25, 0.3) is 0 Å². The van der Waals surface area contributed by atoms with Gasteiger partial charge in [-0.3, -0.25) is 14.4 Å². The van der Waals surface area contributed by atoms with Gasteiger partial charge in [-0.1, -0.05) is 0 Å². The predicted molar refractivity (Wildman–Crippen MR) is 95.4 cm³/mol. The maximum atomic E-state index is 12.8. The summed E-state index contributed by atoms with van der Waals surface area (Å²) in [6.07, 6.45) is 1.38. The third-order valence-corrected chi connectivity index (χ3v) is 4.05. The van der Waals surface area contributed by atoms with Crippen LogP contribution in [0.5, 0.6) is 0 Å². The fourth-order valence-corrected chi connectivity index (χ4v) is 2.71. The minimum absolute atomic E-state index is 0.0830. The molecule has 0 saturated carbocycles. The largest absolute Gasteiger partial charge is 0.343 e. The summed E-state index contributed by atoms with van der Waals surface area (Å²) in [5.74, 6) is -1.11. The lowest BCUT2D eigenvalue weighted by atomic mass is 10.2. The van der Waals surface area contributed by atoms with Crippen molar-refractivity contribution in [2.45, 2.75) is 12.8 Å². The van der Waals surface area contributed by atoms with Crippen LogP contribution >= 0.6 is 0 Å². The van der Waals surface area contributed by atoms with Crippen molar-refractivity contribution in [3.63, 3.8) is 0 Å². The molecule has 1 heterocycles. The Labute approximate surface area is 150 Å². The normalized spacial score (nSPS) is 13.6. The molecular weight excluding hydrogens is 337 g/mol. The molecule has 0 bridgehead atoms. The molecule has 2 aromatic carbocycles. The van der Waals surface area contributed by atoms with Gasteiger partial charge >= 0.3 is 0 Å². The van der Waals surface area contributed by atoms with Crippen molar-refractivity contribution >= 4 is 29.1 Å². The van der Waals surface area contributed by atoms with E-state index in [1.54, 1.807) is 29.2 Å². The summed E-state index contributed by atoms with van der Waals surface area (Å²) in [7, 11) is 0. The topological polar surface area (TPSA) is 78.5 Å². The van der Waals surface area contributed by atoms with E-state index in [0.29, 0.717) is 24.2 Å². The van der Waals surface area contributed by atoms with Crippen molar-refractivity contribution in [2.24, 2.45) is 0 Å². The first-order valence-electron chi connectivity index (χ1n) is 8.27. The zero-order valence-corrected chi connectivity index (χ0v) is 14.0. The standard InChI is InChI=1S/C19H18FN3O3/c20-14-5-7-15(8-6-14)22-17(24)12-21-19(26)13-3-9-16(10-4-13)23-11-1-2-18(23)25/h3-10H,1-2,11-12H2,(H,21,26)(H,22,24). The summed E-state index contributed by atoms with van der Waals surface area (Å²) < 4.78 is 12.8. The molecule has 0 spiro atoms. The summed E-state index contributed by atoms with van der Waals surface area (Å²) in [5.41, 5.74) is 1.61. The maximum Gasteiger partial charge on any atom is 0.251 e. The summed E-state index contributed by atoms with van der Waals surface area (Å²) in [6, 6.07) is 12.0. The van der Waals surface area contributed by atoms with Gasteiger partial charge in [0.25, 0.3) is 5.91 Å². The fraction of sp³-hybridized carbons (Fsp3) is 0.211. The number of nitrogens with zero attached hydrogens (tertiary/aromatic N) is 1. The van der Waals surface area contributed by atoms with Gasteiger partial charge in [0, 0.05) is 29.9 Å². The van der Waals surface area contributed by atoms with Gasteiger partial charge in [0.15, 0.2) is 0 Å². The van der Waals surface area contributed by atoms with E-state index < -0.39 is 17.6 Å². The molecule has 0 aliphatic carbocycles. The lowest BCUT2D eigenvalue weighted by Crippen LogP contribution is -2.32. The van der Waals surface area contributed by atoms with Crippen molar-refractivity contribution < 1.29 is 18.8 Å². The molecule has 134 valence electrons. The number of benzene rings is 2. The molecule has 3 amide bonds. The highest BCUT2D eigenvalue weighted by Gasteiger charge is 2.21. The highest BCUT2D eigenvalue weighted by atomic mass is 19.1. The summed E-state index contributed by atoms with van der Waals surface area (Å²) in [6.45, 7) is 0.483. The fourth-order valence-electron chi connectivity index (χ4n) is 2.71. The Morgan fingerprint density at radius 2 is 1.73 bits per heavy atom. The summed E-state index contributed by atoms with van der Waals surface area (Å²) in [4.78, 5) is 37.4. The molecule has 1 saturated heterocycles. The minimum atomic E-state index is -0.413. The molecule has 0 radical (unpaired) electrons. The van der Waals surface area contributed by atoms with Crippen LogP contribution in [-0.4, -0.2) is 30.8 Å². The molecule has 26 heavy (non-hydrogen) atoms. The molecule has 7 heteroatoms. The number of amides is 3. The van der Waals surface area contributed by atoms with E-state index in [2.05, 4.69) is 10.6 Å². The van der Waals surface area contributed by atoms with Crippen molar-refractivity contribution in [3.8, 4) is 0 Å². The number of nitrogens with one attached hydrogen (secondary N) is 2. The number of carbonyl (C=O) groups excluding carboxylic acids is 3. The maximum absolute atomic E-state index is 12.8. The van der Waals surface area contributed by atoms with Gasteiger partial charge in [-0.15, -0.1) is 0 Å². The van der Waals surface area contributed by atoms with E-state index in [-0.39, 0.29) is 12.5 Å². The monoisotopic (exact) mass is 355 g/mol.